The quantitative estimate of drug-likeness (QED) is 0.808. The molecule has 0 saturated carbocycles. The number of nitrogens with zero attached hydrogens (tertiary/aromatic N) is 2. The minimum Gasteiger partial charge on any atom is -0.386 e. The normalized spacial score (nSPS) is 12.5. The number of hydrogen-bond donors (Lipinski definition) is 1. The molecule has 0 spiro atoms. The highest BCUT2D eigenvalue weighted by Gasteiger charge is 2.14. The first-order valence-corrected chi connectivity index (χ1v) is 6.63. The average molecular weight is 302 g/mol. The van der Waals surface area contributed by atoms with Crippen molar-refractivity contribution in [3.63, 3.8) is 0 Å². The van der Waals surface area contributed by atoms with Gasteiger partial charge in [-0.3, -0.25) is 9.36 Å². The highest BCUT2D eigenvalue weighted by molar-refractivity contribution is 5.77. The number of hydrogen-bond acceptors (Lipinski definition) is 3. The van der Waals surface area contributed by atoms with E-state index in [4.69, 9.17) is 0 Å². The van der Waals surface area contributed by atoms with Crippen LogP contribution in [0.5, 0.6) is 0 Å². The summed E-state index contributed by atoms with van der Waals surface area (Å²) in [6, 6.07) is 9.48. The number of halogens is 2. The fourth-order valence-corrected chi connectivity index (χ4v) is 2.29. The summed E-state index contributed by atoms with van der Waals surface area (Å²) < 4.78 is 27.9. The molecule has 2 aromatic carbocycles. The van der Waals surface area contributed by atoms with Crippen LogP contribution in [0.1, 0.15) is 11.7 Å². The van der Waals surface area contributed by atoms with Gasteiger partial charge < -0.3 is 5.11 Å². The molecule has 0 amide bonds. The van der Waals surface area contributed by atoms with E-state index >= 15 is 0 Å². The predicted octanol–water partition coefficient (Wildman–Crippen LogP) is 2.41. The van der Waals surface area contributed by atoms with E-state index in [1.807, 2.05) is 0 Å². The maximum absolute atomic E-state index is 13.6. The van der Waals surface area contributed by atoms with E-state index in [2.05, 4.69) is 4.98 Å². The molecule has 0 aliphatic heterocycles. The molecule has 0 bridgehead atoms. The van der Waals surface area contributed by atoms with Gasteiger partial charge in [-0.15, -0.1) is 0 Å². The third-order valence-electron chi connectivity index (χ3n) is 3.42. The second-order valence-corrected chi connectivity index (χ2v) is 4.90. The maximum Gasteiger partial charge on any atom is 0.261 e. The molecule has 0 radical (unpaired) electrons. The Morgan fingerprint density at radius 3 is 2.73 bits per heavy atom. The zero-order valence-electron chi connectivity index (χ0n) is 11.4. The molecule has 0 aliphatic carbocycles. The number of rotatable bonds is 3. The third kappa shape index (κ3) is 2.60. The summed E-state index contributed by atoms with van der Waals surface area (Å²) in [5, 5.41) is 10.3. The van der Waals surface area contributed by atoms with E-state index in [9.17, 15) is 18.7 Å². The van der Waals surface area contributed by atoms with Crippen LogP contribution in [0.25, 0.3) is 10.9 Å². The van der Waals surface area contributed by atoms with Crippen molar-refractivity contribution < 1.29 is 13.9 Å². The Morgan fingerprint density at radius 1 is 1.18 bits per heavy atom. The Bertz CT molecular complexity index is 893. The van der Waals surface area contributed by atoms with Crippen LogP contribution < -0.4 is 5.56 Å². The van der Waals surface area contributed by atoms with E-state index in [0.29, 0.717) is 0 Å². The van der Waals surface area contributed by atoms with Crippen LogP contribution in [-0.2, 0) is 6.54 Å². The smallest absolute Gasteiger partial charge is 0.261 e. The van der Waals surface area contributed by atoms with Crippen molar-refractivity contribution in [2.75, 3.05) is 0 Å². The van der Waals surface area contributed by atoms with E-state index in [-0.39, 0.29) is 23.0 Å². The first-order chi connectivity index (χ1) is 10.6. The summed E-state index contributed by atoms with van der Waals surface area (Å²) in [7, 11) is 0. The monoisotopic (exact) mass is 302 g/mol. The van der Waals surface area contributed by atoms with Crippen molar-refractivity contribution in [1.82, 2.24) is 9.55 Å². The SMILES string of the molecule is O=c1c2ccc(F)cc2ncn1CC(O)c1ccccc1F. The topological polar surface area (TPSA) is 55.1 Å². The first kappa shape index (κ1) is 14.3. The molecule has 1 heterocycles. The minimum absolute atomic E-state index is 0.105. The highest BCUT2D eigenvalue weighted by Crippen LogP contribution is 2.18. The van der Waals surface area contributed by atoms with E-state index in [1.165, 1.54) is 41.2 Å². The summed E-state index contributed by atoms with van der Waals surface area (Å²) in [6.45, 7) is -0.139. The molecule has 3 aromatic rings. The number of aliphatic hydroxyl groups excluding tert-OH is 1. The Hall–Kier alpha value is -2.60. The molecule has 6 heteroatoms. The largest absolute Gasteiger partial charge is 0.386 e. The molecular formula is C16H12F2N2O2. The molecule has 1 N–H and O–H groups in total. The van der Waals surface area contributed by atoms with E-state index in [1.54, 1.807) is 6.07 Å². The summed E-state index contributed by atoms with van der Waals surface area (Å²) in [4.78, 5) is 16.3. The second-order valence-electron chi connectivity index (χ2n) is 4.90. The predicted molar refractivity (Wildman–Crippen MR) is 77.3 cm³/mol. The number of aromatic nitrogens is 2. The van der Waals surface area contributed by atoms with Gasteiger partial charge in [-0.1, -0.05) is 18.2 Å². The van der Waals surface area contributed by atoms with Crippen LogP contribution in [0.3, 0.4) is 0 Å². The van der Waals surface area contributed by atoms with Crippen molar-refractivity contribution in [1.29, 1.82) is 0 Å². The van der Waals surface area contributed by atoms with Crippen LogP contribution in [0.4, 0.5) is 8.78 Å². The van der Waals surface area contributed by atoms with Gasteiger partial charge in [-0.2, -0.15) is 0 Å². The molecule has 112 valence electrons. The summed E-state index contributed by atoms with van der Waals surface area (Å²) in [6.07, 6.45) is 0.0346. The second kappa shape index (κ2) is 5.65. The van der Waals surface area contributed by atoms with Gasteiger partial charge in [0, 0.05) is 11.6 Å². The van der Waals surface area contributed by atoms with Crippen LogP contribution in [-0.4, -0.2) is 14.7 Å². The summed E-state index contributed by atoms with van der Waals surface area (Å²) in [5.41, 5.74) is -0.0735. The van der Waals surface area contributed by atoms with Crippen LogP contribution >= 0.6 is 0 Å². The molecule has 1 unspecified atom stereocenters. The van der Waals surface area contributed by atoms with Crippen molar-refractivity contribution in [2.24, 2.45) is 0 Å². The lowest BCUT2D eigenvalue weighted by molar-refractivity contribution is 0.150. The fraction of sp³-hybridized carbons (Fsp3) is 0.125. The Kier molecular flexibility index (Phi) is 3.68. The lowest BCUT2D eigenvalue weighted by Crippen LogP contribution is -2.24. The highest BCUT2D eigenvalue weighted by atomic mass is 19.1. The fourth-order valence-electron chi connectivity index (χ4n) is 2.29. The first-order valence-electron chi connectivity index (χ1n) is 6.63. The number of benzene rings is 2. The van der Waals surface area contributed by atoms with Gasteiger partial charge >= 0.3 is 0 Å². The average Bonchev–Trinajstić information content (AvgIpc) is 2.50. The van der Waals surface area contributed by atoms with Gasteiger partial charge in [0.1, 0.15) is 11.6 Å². The Balaban J connectivity index is 1.98. The molecule has 1 atom stereocenters. The maximum atomic E-state index is 13.6. The van der Waals surface area contributed by atoms with Crippen molar-refractivity contribution in [3.05, 3.63) is 76.3 Å². The van der Waals surface area contributed by atoms with Gasteiger partial charge in [0.2, 0.25) is 0 Å². The molecule has 3 rings (SSSR count). The number of aliphatic hydroxyl groups is 1. The van der Waals surface area contributed by atoms with Gasteiger partial charge in [0.05, 0.1) is 29.9 Å². The van der Waals surface area contributed by atoms with E-state index < -0.39 is 23.3 Å². The Labute approximate surface area is 124 Å². The zero-order chi connectivity index (χ0) is 15.7. The molecule has 0 aliphatic rings. The Morgan fingerprint density at radius 2 is 1.95 bits per heavy atom. The van der Waals surface area contributed by atoms with E-state index in [0.717, 1.165) is 6.07 Å². The minimum atomic E-state index is -1.18. The molecule has 0 saturated heterocycles. The number of fused-ring (bicyclic) bond motifs is 1. The third-order valence-corrected chi connectivity index (χ3v) is 3.42. The molecule has 22 heavy (non-hydrogen) atoms. The molecule has 4 nitrogen and oxygen atoms in total. The van der Waals surface area contributed by atoms with Crippen molar-refractivity contribution in [3.8, 4) is 0 Å². The lowest BCUT2D eigenvalue weighted by Gasteiger charge is -2.13. The molecule has 0 fully saturated rings. The van der Waals surface area contributed by atoms with Gasteiger partial charge in [0.15, 0.2) is 0 Å². The molecule has 1 aromatic heterocycles. The van der Waals surface area contributed by atoms with Crippen molar-refractivity contribution >= 4 is 10.9 Å². The van der Waals surface area contributed by atoms with Crippen LogP contribution in [0, 0.1) is 11.6 Å². The van der Waals surface area contributed by atoms with Gasteiger partial charge in [-0.25, -0.2) is 13.8 Å². The van der Waals surface area contributed by atoms with Crippen LogP contribution in [0.2, 0.25) is 0 Å². The zero-order valence-corrected chi connectivity index (χ0v) is 11.4. The summed E-state index contributed by atoms with van der Waals surface area (Å²) >= 11 is 0. The molecular weight excluding hydrogens is 290 g/mol. The van der Waals surface area contributed by atoms with Gasteiger partial charge in [-0.05, 0) is 18.2 Å². The summed E-state index contributed by atoms with van der Waals surface area (Å²) in [5.74, 6) is -1.03. The standard InChI is InChI=1S/C16H12F2N2O2/c17-10-5-6-12-14(7-10)19-9-20(16(12)22)8-15(21)11-3-1-2-4-13(11)18/h1-7,9,15,21H,8H2. The van der Waals surface area contributed by atoms with Gasteiger partial charge in [0.25, 0.3) is 5.56 Å². The van der Waals surface area contributed by atoms with Crippen molar-refractivity contribution in [2.45, 2.75) is 12.6 Å². The van der Waals surface area contributed by atoms with Crippen LogP contribution in [0.15, 0.2) is 53.6 Å². The lowest BCUT2D eigenvalue weighted by atomic mass is 10.1.